The van der Waals surface area contributed by atoms with Gasteiger partial charge >= 0.3 is 0 Å². The van der Waals surface area contributed by atoms with Crippen molar-refractivity contribution < 1.29 is 4.74 Å². The molecule has 0 amide bonds. The van der Waals surface area contributed by atoms with E-state index in [1.807, 2.05) is 14.0 Å². The van der Waals surface area contributed by atoms with Crippen LogP contribution in [0.3, 0.4) is 0 Å². The van der Waals surface area contributed by atoms with E-state index >= 15 is 0 Å². The highest BCUT2D eigenvalue weighted by atomic mass is 16.5. The van der Waals surface area contributed by atoms with Gasteiger partial charge in [-0.3, -0.25) is 4.90 Å². The zero-order chi connectivity index (χ0) is 14.5. The Morgan fingerprint density at radius 2 is 1.95 bits per heavy atom. The van der Waals surface area contributed by atoms with Crippen LogP contribution in [-0.2, 0) is 0 Å². The van der Waals surface area contributed by atoms with Crippen molar-refractivity contribution in [3.05, 3.63) is 29.8 Å². The van der Waals surface area contributed by atoms with E-state index in [0.29, 0.717) is 18.7 Å². The third-order valence-corrected chi connectivity index (χ3v) is 4.15. The van der Waals surface area contributed by atoms with E-state index in [1.54, 1.807) is 0 Å². The number of ether oxygens (including phenoxy) is 1. The third kappa shape index (κ3) is 3.51. The van der Waals surface area contributed by atoms with Crippen LogP contribution in [0.25, 0.3) is 0 Å². The van der Waals surface area contributed by atoms with Gasteiger partial charge in [-0.05, 0) is 45.8 Å². The molecule has 0 radical (unpaired) electrons. The standard InChI is InChI=1S/C16H27N3O/c1-5-20-14-8-6-13(7-9-14)16(17-2)15-12-18(3)10-11-19(15)4/h6-9,15-17H,5,10-12H2,1-4H3. The van der Waals surface area contributed by atoms with Crippen LogP contribution in [0.5, 0.6) is 5.75 Å². The maximum absolute atomic E-state index is 5.52. The Bertz CT molecular complexity index is 407. The fourth-order valence-corrected chi connectivity index (χ4v) is 2.92. The lowest BCUT2D eigenvalue weighted by Gasteiger charge is -2.42. The largest absolute Gasteiger partial charge is 0.494 e. The number of piperazine rings is 1. The monoisotopic (exact) mass is 277 g/mol. The molecule has 0 spiro atoms. The first-order valence-corrected chi connectivity index (χ1v) is 7.44. The number of nitrogens with zero attached hydrogens (tertiary/aromatic N) is 2. The molecule has 1 aliphatic heterocycles. The van der Waals surface area contributed by atoms with Crippen LogP contribution in [0, 0.1) is 0 Å². The molecule has 2 unspecified atom stereocenters. The third-order valence-electron chi connectivity index (χ3n) is 4.15. The average Bonchev–Trinajstić information content (AvgIpc) is 2.45. The second kappa shape index (κ2) is 7.07. The van der Waals surface area contributed by atoms with Gasteiger partial charge in [-0.2, -0.15) is 0 Å². The highest BCUT2D eigenvalue weighted by Gasteiger charge is 2.29. The molecule has 2 atom stereocenters. The highest BCUT2D eigenvalue weighted by Crippen LogP contribution is 2.24. The zero-order valence-corrected chi connectivity index (χ0v) is 13.1. The van der Waals surface area contributed by atoms with Gasteiger partial charge in [0.05, 0.1) is 6.61 Å². The Hall–Kier alpha value is -1.10. The number of hydrogen-bond acceptors (Lipinski definition) is 4. The Morgan fingerprint density at radius 1 is 1.25 bits per heavy atom. The van der Waals surface area contributed by atoms with Gasteiger partial charge < -0.3 is 15.0 Å². The summed E-state index contributed by atoms with van der Waals surface area (Å²) in [6, 6.07) is 9.32. The number of benzene rings is 1. The Balaban J connectivity index is 2.14. The lowest BCUT2D eigenvalue weighted by molar-refractivity contribution is 0.0897. The highest BCUT2D eigenvalue weighted by molar-refractivity contribution is 5.30. The molecule has 2 rings (SSSR count). The van der Waals surface area contributed by atoms with Gasteiger partial charge in [-0.25, -0.2) is 0 Å². The van der Waals surface area contributed by atoms with Crippen LogP contribution >= 0.6 is 0 Å². The molecule has 112 valence electrons. The summed E-state index contributed by atoms with van der Waals surface area (Å²) < 4.78 is 5.52. The van der Waals surface area contributed by atoms with E-state index < -0.39 is 0 Å². The topological polar surface area (TPSA) is 27.7 Å². The molecular formula is C16H27N3O. The fourth-order valence-electron chi connectivity index (χ4n) is 2.92. The fraction of sp³-hybridized carbons (Fsp3) is 0.625. The predicted octanol–water partition coefficient (Wildman–Crippen LogP) is 1.59. The first-order chi connectivity index (χ1) is 9.65. The molecule has 0 bridgehead atoms. The van der Waals surface area contributed by atoms with Crippen molar-refractivity contribution in [3.63, 3.8) is 0 Å². The molecule has 1 saturated heterocycles. The summed E-state index contributed by atoms with van der Waals surface area (Å²) in [6.45, 7) is 6.08. The molecule has 4 nitrogen and oxygen atoms in total. The van der Waals surface area contributed by atoms with Gasteiger partial charge in [0, 0.05) is 31.7 Å². The second-order valence-electron chi connectivity index (χ2n) is 5.58. The Kier molecular flexibility index (Phi) is 5.40. The first-order valence-electron chi connectivity index (χ1n) is 7.44. The minimum atomic E-state index is 0.346. The van der Waals surface area contributed by atoms with E-state index in [4.69, 9.17) is 4.74 Å². The van der Waals surface area contributed by atoms with Gasteiger partial charge in [0.25, 0.3) is 0 Å². The summed E-state index contributed by atoms with van der Waals surface area (Å²) in [5.41, 5.74) is 1.32. The number of rotatable bonds is 5. The Morgan fingerprint density at radius 3 is 2.55 bits per heavy atom. The molecule has 1 aromatic carbocycles. The molecule has 1 fully saturated rings. The lowest BCUT2D eigenvalue weighted by atomic mass is 9.96. The van der Waals surface area contributed by atoms with Crippen LogP contribution in [0.2, 0.25) is 0 Å². The predicted molar refractivity (Wildman–Crippen MR) is 83.3 cm³/mol. The Labute approximate surface area is 122 Å². The summed E-state index contributed by atoms with van der Waals surface area (Å²) in [6.07, 6.45) is 0. The van der Waals surface area contributed by atoms with Crippen molar-refractivity contribution in [1.29, 1.82) is 0 Å². The minimum absolute atomic E-state index is 0.346. The van der Waals surface area contributed by atoms with Crippen LogP contribution in [0.4, 0.5) is 0 Å². The summed E-state index contributed by atoms with van der Waals surface area (Å²) in [7, 11) is 6.46. The van der Waals surface area contributed by atoms with Crippen molar-refractivity contribution >= 4 is 0 Å². The molecule has 20 heavy (non-hydrogen) atoms. The number of hydrogen-bond donors (Lipinski definition) is 1. The SMILES string of the molecule is CCOc1ccc(C(NC)C2CN(C)CCN2C)cc1. The lowest BCUT2D eigenvalue weighted by Crippen LogP contribution is -2.54. The number of likely N-dealkylation sites (N-methyl/N-ethyl adjacent to an activating group) is 3. The van der Waals surface area contributed by atoms with Gasteiger partial charge in [0.1, 0.15) is 5.75 Å². The van der Waals surface area contributed by atoms with E-state index in [-0.39, 0.29) is 0 Å². The second-order valence-corrected chi connectivity index (χ2v) is 5.58. The van der Waals surface area contributed by atoms with Gasteiger partial charge in [-0.15, -0.1) is 0 Å². The molecular weight excluding hydrogens is 250 g/mol. The molecule has 1 N–H and O–H groups in total. The molecule has 1 aliphatic rings. The van der Waals surface area contributed by atoms with Crippen molar-refractivity contribution in [2.75, 3.05) is 47.4 Å². The average molecular weight is 277 g/mol. The van der Waals surface area contributed by atoms with Crippen LogP contribution in [-0.4, -0.2) is 63.2 Å². The molecule has 0 saturated carbocycles. The smallest absolute Gasteiger partial charge is 0.119 e. The molecule has 1 heterocycles. The minimum Gasteiger partial charge on any atom is -0.494 e. The van der Waals surface area contributed by atoms with Crippen LogP contribution < -0.4 is 10.1 Å². The normalized spacial score (nSPS) is 22.7. The van der Waals surface area contributed by atoms with Crippen LogP contribution in [0.15, 0.2) is 24.3 Å². The summed E-state index contributed by atoms with van der Waals surface area (Å²) in [4.78, 5) is 4.86. The molecule has 0 aliphatic carbocycles. The van der Waals surface area contributed by atoms with E-state index in [2.05, 4.69) is 53.5 Å². The van der Waals surface area contributed by atoms with E-state index in [1.165, 1.54) is 5.56 Å². The van der Waals surface area contributed by atoms with Crippen molar-refractivity contribution in [3.8, 4) is 5.75 Å². The molecule has 1 aromatic rings. The summed E-state index contributed by atoms with van der Waals surface area (Å²) >= 11 is 0. The quantitative estimate of drug-likeness (QED) is 0.884. The molecule has 4 heteroatoms. The van der Waals surface area contributed by atoms with E-state index in [9.17, 15) is 0 Å². The van der Waals surface area contributed by atoms with E-state index in [0.717, 1.165) is 25.4 Å². The first kappa shape index (κ1) is 15.3. The zero-order valence-electron chi connectivity index (χ0n) is 13.1. The molecule has 0 aromatic heterocycles. The van der Waals surface area contributed by atoms with Crippen LogP contribution in [0.1, 0.15) is 18.5 Å². The number of nitrogens with one attached hydrogen (secondary N) is 1. The van der Waals surface area contributed by atoms with Crippen molar-refractivity contribution in [1.82, 2.24) is 15.1 Å². The van der Waals surface area contributed by atoms with Gasteiger partial charge in [-0.1, -0.05) is 12.1 Å². The maximum atomic E-state index is 5.52. The van der Waals surface area contributed by atoms with Crippen molar-refractivity contribution in [2.24, 2.45) is 0 Å². The summed E-state index contributed by atoms with van der Waals surface area (Å²) in [5.74, 6) is 0.945. The maximum Gasteiger partial charge on any atom is 0.119 e. The van der Waals surface area contributed by atoms with Gasteiger partial charge in [0.15, 0.2) is 0 Å². The summed E-state index contributed by atoms with van der Waals surface area (Å²) in [5, 5.41) is 3.48. The van der Waals surface area contributed by atoms with Gasteiger partial charge in [0.2, 0.25) is 0 Å². The van der Waals surface area contributed by atoms with Crippen molar-refractivity contribution in [2.45, 2.75) is 19.0 Å².